The molecule has 34 heteroatoms. The van der Waals surface area contributed by atoms with Gasteiger partial charge in [0.15, 0.2) is 36.1 Å². The fraction of sp³-hybridized carbons (Fsp3) is 0.455. The number of halogens is 1. The summed E-state index contributed by atoms with van der Waals surface area (Å²) in [6, 6.07) is 11.3. The summed E-state index contributed by atoms with van der Waals surface area (Å²) in [6.07, 6.45) is -12.3. The fourth-order valence-electron chi connectivity index (χ4n) is 8.26. The Hall–Kier alpha value is -6.45. The molecule has 3 aliphatic rings. The molecule has 3 aliphatic heterocycles. The molecule has 6 heterocycles. The summed E-state index contributed by atoms with van der Waals surface area (Å²) in [7, 11) is -10.7. The monoisotopic (exact) mass is 1140 g/mol. The van der Waals surface area contributed by atoms with Crippen molar-refractivity contribution in [3.05, 3.63) is 101 Å². The minimum absolute atomic E-state index is 0.00946. The highest BCUT2D eigenvalue weighted by Crippen LogP contribution is 2.50. The molecule has 11 N–H and O–H groups in total. The van der Waals surface area contributed by atoms with E-state index in [1.54, 1.807) is 24.3 Å². The lowest BCUT2D eigenvalue weighted by molar-refractivity contribution is -0.160. The average molecular weight is 1140 g/mol. The Morgan fingerprint density at radius 3 is 2.23 bits per heavy atom. The van der Waals surface area contributed by atoms with Gasteiger partial charge in [0.25, 0.3) is 0 Å². The van der Waals surface area contributed by atoms with E-state index in [4.69, 9.17) is 48.9 Å². The number of imidazole rings is 1. The second-order valence-electron chi connectivity index (χ2n) is 17.6. The highest BCUT2D eigenvalue weighted by Gasteiger charge is 2.52. The number of carbonyl (C=O) groups excluding carboxylic acids is 3. The predicted molar refractivity (Wildman–Crippen MR) is 261 cm³/mol. The zero-order valence-electron chi connectivity index (χ0n) is 40.8. The van der Waals surface area contributed by atoms with Gasteiger partial charge in [-0.1, -0.05) is 24.3 Å². The number of aliphatic hydroxyl groups is 2. The summed E-state index contributed by atoms with van der Waals surface area (Å²) in [6.45, 7) is -0.191. The highest BCUT2D eigenvalue weighted by molar-refractivity contribution is 7.47. The first-order valence-electron chi connectivity index (χ1n) is 23.7. The van der Waals surface area contributed by atoms with Crippen LogP contribution in [0.4, 0.5) is 26.5 Å². The second kappa shape index (κ2) is 25.6. The van der Waals surface area contributed by atoms with Crippen molar-refractivity contribution in [2.45, 2.75) is 68.1 Å². The number of esters is 1. The molecule has 2 amide bonds. The first-order valence-corrected chi connectivity index (χ1v) is 26.7. The van der Waals surface area contributed by atoms with E-state index < -0.39 is 114 Å². The molecule has 2 aromatic carbocycles. The lowest BCUT2D eigenvalue weighted by Gasteiger charge is -2.27. The largest absolute Gasteiger partial charge is 0.472 e. The first kappa shape index (κ1) is 57.7. The van der Waals surface area contributed by atoms with E-state index in [1.807, 2.05) is 4.90 Å². The van der Waals surface area contributed by atoms with E-state index in [9.17, 15) is 57.6 Å². The van der Waals surface area contributed by atoms with Crippen molar-refractivity contribution in [1.82, 2.24) is 39.3 Å². The van der Waals surface area contributed by atoms with Gasteiger partial charge in [-0.2, -0.15) is 4.98 Å². The number of nitrogens with zero attached hydrogens (tertiary/aromatic N) is 7. The van der Waals surface area contributed by atoms with Crippen LogP contribution in [0, 0.1) is 5.82 Å². The van der Waals surface area contributed by atoms with Crippen LogP contribution in [-0.2, 0) is 73.7 Å². The summed E-state index contributed by atoms with van der Waals surface area (Å²) >= 11 is 0. The number of rotatable bonds is 23. The molecular formula is C44H54FN11O20P2. The molecule has 8 rings (SSSR count). The number of anilines is 3. The van der Waals surface area contributed by atoms with Gasteiger partial charge in [0.05, 0.1) is 52.4 Å². The van der Waals surface area contributed by atoms with Crippen LogP contribution >= 0.6 is 15.6 Å². The van der Waals surface area contributed by atoms with Crippen molar-refractivity contribution < 1.29 is 94.8 Å². The maximum absolute atomic E-state index is 14.2. The third kappa shape index (κ3) is 15.2. The molecule has 0 bridgehead atoms. The summed E-state index contributed by atoms with van der Waals surface area (Å²) in [4.78, 5) is 101. The van der Waals surface area contributed by atoms with Gasteiger partial charge in [-0.15, -0.1) is 0 Å². The van der Waals surface area contributed by atoms with Gasteiger partial charge < -0.3 is 75.4 Å². The van der Waals surface area contributed by atoms with Crippen LogP contribution in [0.15, 0.2) is 78.2 Å². The number of nitrogens with one attached hydrogen (secondary N) is 2. The number of aromatic nitrogens is 6. The van der Waals surface area contributed by atoms with Crippen molar-refractivity contribution >= 4 is 62.1 Å². The number of phosphoric acid groups is 2. The molecule has 0 spiro atoms. The first-order chi connectivity index (χ1) is 37.2. The number of nitrogen functional groups attached to an aromatic ring is 2. The number of fused-ring (bicyclic) bond motifs is 1. The predicted octanol–water partition coefficient (Wildman–Crippen LogP) is -0.748. The number of hydrogen-bond donors (Lipinski definition) is 9. The van der Waals surface area contributed by atoms with Crippen LogP contribution in [0.3, 0.4) is 0 Å². The summed E-state index contributed by atoms with van der Waals surface area (Å²) in [5, 5.41) is 28.3. The van der Waals surface area contributed by atoms with Gasteiger partial charge in [-0.05, 0) is 41.5 Å². The van der Waals surface area contributed by atoms with Crippen LogP contribution < -0.4 is 27.8 Å². The fourth-order valence-corrected chi connectivity index (χ4v) is 9.56. The standard InChI is InChI=1S/C44H54FN11O20P2/c45-26-5-1-24(2-6-26)17-32(57)51-27-7-3-25(4-8-27)18-70-44(62)52-28(19-69-16-13-54-11-14-68-15-12-54)42(60)75-36-29(73-41(34(36)58)56-23-50-33-38(47)48-22-49-39(33)56)21-72-78(66,67)76-37-30(20-71-77(63,64)65)74-40(35(37)59)55-10-9-31(46)53-43(55)61/h1-10,22-23,28-30,34-37,40-41,58-59H,11-21H2,(H,51,57)(H,52,62)(H,66,67)(H2,46,53,61)(H2,47,48,49)(H2,63,64,65)/t28-,29+,30+,34+,35+,36+,37+,40+,41+/m0/s1. The van der Waals surface area contributed by atoms with E-state index in [2.05, 4.69) is 35.1 Å². The third-order valence-electron chi connectivity index (χ3n) is 12.1. The van der Waals surface area contributed by atoms with Crippen molar-refractivity contribution in [2.75, 3.05) is 76.1 Å². The van der Waals surface area contributed by atoms with E-state index in [-0.39, 0.29) is 48.3 Å². The SMILES string of the molecule is Nc1ccn([C@@H]2O[C@H](COP(=O)(O)O)[C@@H](OP(=O)(O)OC[C@H]3O[C@@H](n4cnc5c(N)ncnc54)[C@H](O)[C@@H]3OC(=O)[C@H](COCCN3CCOCC3)NC(=O)OCc3ccc(NC(=O)Cc4ccc(F)cc4)cc3)[C@H]2O)c(=O)n1. The van der Waals surface area contributed by atoms with E-state index >= 15 is 0 Å². The quantitative estimate of drug-likeness (QED) is 0.0221. The van der Waals surface area contributed by atoms with E-state index in [0.29, 0.717) is 49.7 Å². The molecule has 1 unspecified atom stereocenters. The number of phosphoric ester groups is 2. The number of morpholine rings is 1. The van der Waals surface area contributed by atoms with Crippen LogP contribution in [0.2, 0.25) is 0 Å². The summed E-state index contributed by atoms with van der Waals surface area (Å²) < 4.78 is 89.9. The second-order valence-corrected chi connectivity index (χ2v) is 20.3. The zero-order chi connectivity index (χ0) is 55.7. The van der Waals surface area contributed by atoms with Gasteiger partial charge in [-0.25, -0.2) is 42.9 Å². The van der Waals surface area contributed by atoms with Crippen LogP contribution in [-0.4, -0.2) is 179 Å². The maximum Gasteiger partial charge on any atom is 0.472 e. The number of alkyl carbamates (subject to hydrolysis) is 1. The normalized spacial score (nSPS) is 23.9. The number of aliphatic hydroxyl groups excluding tert-OH is 2. The minimum Gasteiger partial charge on any atom is -0.455 e. The topological polar surface area (TPSA) is 427 Å². The Morgan fingerprint density at radius 2 is 1.53 bits per heavy atom. The molecule has 78 heavy (non-hydrogen) atoms. The molecule has 422 valence electrons. The van der Waals surface area contributed by atoms with E-state index in [0.717, 1.165) is 23.2 Å². The van der Waals surface area contributed by atoms with Crippen LogP contribution in [0.5, 0.6) is 0 Å². The smallest absolute Gasteiger partial charge is 0.455 e. The van der Waals surface area contributed by atoms with Gasteiger partial charge in [0.1, 0.15) is 60.6 Å². The van der Waals surface area contributed by atoms with Crippen molar-refractivity contribution in [3.63, 3.8) is 0 Å². The number of amides is 2. The molecule has 3 saturated heterocycles. The van der Waals surface area contributed by atoms with Crippen molar-refractivity contribution in [2.24, 2.45) is 0 Å². The highest BCUT2D eigenvalue weighted by atomic mass is 31.2. The molecule has 5 aromatic rings. The summed E-state index contributed by atoms with van der Waals surface area (Å²) in [5.41, 5.74) is 12.1. The zero-order valence-corrected chi connectivity index (χ0v) is 42.6. The molecule has 0 saturated carbocycles. The Morgan fingerprint density at radius 1 is 0.859 bits per heavy atom. The average Bonchev–Trinajstić information content (AvgIpc) is 4.19. The Balaban J connectivity index is 0.969. The van der Waals surface area contributed by atoms with Crippen LogP contribution in [0.1, 0.15) is 23.6 Å². The number of benzene rings is 2. The molecule has 3 aromatic heterocycles. The number of nitrogens with two attached hydrogens (primary N) is 2. The molecule has 0 aliphatic carbocycles. The molecular weight excluding hydrogens is 1080 g/mol. The van der Waals surface area contributed by atoms with Gasteiger partial charge in [0, 0.05) is 31.5 Å². The number of hydrogen-bond acceptors (Lipinski definition) is 24. The molecule has 10 atom stereocenters. The molecule has 0 radical (unpaired) electrons. The molecule has 31 nitrogen and oxygen atoms in total. The Bertz CT molecular complexity index is 3040. The van der Waals surface area contributed by atoms with Gasteiger partial charge >= 0.3 is 33.4 Å². The van der Waals surface area contributed by atoms with Gasteiger partial charge in [-0.3, -0.25) is 32.4 Å². The number of ether oxygens (including phenoxy) is 6. The summed E-state index contributed by atoms with van der Waals surface area (Å²) in [5.74, 6) is -2.28. The van der Waals surface area contributed by atoms with Crippen LogP contribution in [0.25, 0.3) is 11.2 Å². The van der Waals surface area contributed by atoms with Crippen molar-refractivity contribution in [3.8, 4) is 0 Å². The Kier molecular flexibility index (Phi) is 18.9. The Labute approximate surface area is 440 Å². The minimum atomic E-state index is -5.51. The lowest BCUT2D eigenvalue weighted by atomic mass is 10.1. The van der Waals surface area contributed by atoms with Gasteiger partial charge in [0.2, 0.25) is 5.91 Å². The third-order valence-corrected chi connectivity index (χ3v) is 13.6. The van der Waals surface area contributed by atoms with E-state index in [1.165, 1.54) is 35.2 Å². The molecule has 3 fully saturated rings. The lowest BCUT2D eigenvalue weighted by Crippen LogP contribution is -2.49. The van der Waals surface area contributed by atoms with Crippen molar-refractivity contribution in [1.29, 1.82) is 0 Å². The maximum atomic E-state index is 14.2. The number of carbonyl (C=O) groups is 3.